The Bertz CT molecular complexity index is 2880. The molecule has 4 aliphatic rings. The SMILES string of the molecule is CC(C)(C)OC(=O)n1c2ccncc2c2ccc(-c3ccc(O[C@H]4C[C@H](Oc5ccc(CCCN6CCN(c7ccc8c(c7)C(=O)N(C7CCC(=O)NC7=O)C8=O)CC6)nc5)C4)nc3)cc21. The van der Waals surface area contributed by atoms with Crippen molar-refractivity contribution in [3.63, 3.8) is 0 Å². The summed E-state index contributed by atoms with van der Waals surface area (Å²) in [5, 5.41) is 4.03. The molecule has 2 aromatic carbocycles. The molecular weight excluding hydrogens is 841 g/mol. The maximum atomic E-state index is 13.4. The molecule has 16 nitrogen and oxygen atoms in total. The predicted octanol–water partition coefficient (Wildman–Crippen LogP) is 6.57. The van der Waals surface area contributed by atoms with E-state index in [-0.39, 0.29) is 30.6 Å². The fourth-order valence-corrected chi connectivity index (χ4v) is 9.24. The van der Waals surface area contributed by atoms with Gasteiger partial charge in [-0.2, -0.15) is 0 Å². The fourth-order valence-electron chi connectivity index (χ4n) is 9.24. The molecule has 1 aliphatic carbocycles. The number of benzene rings is 2. The number of ether oxygens (including phenoxy) is 3. The highest BCUT2D eigenvalue weighted by molar-refractivity contribution is 6.23. The number of hydrogen-bond donors (Lipinski definition) is 1. The van der Waals surface area contributed by atoms with Crippen LogP contribution in [0.2, 0.25) is 0 Å². The van der Waals surface area contributed by atoms with Gasteiger partial charge in [-0.1, -0.05) is 12.1 Å². The van der Waals surface area contributed by atoms with Crippen molar-refractivity contribution in [2.24, 2.45) is 0 Å². The average molecular weight is 891 g/mol. The molecule has 2 saturated heterocycles. The summed E-state index contributed by atoms with van der Waals surface area (Å²) in [6.45, 7) is 9.78. The first-order valence-electron chi connectivity index (χ1n) is 22.5. The maximum Gasteiger partial charge on any atom is 0.419 e. The summed E-state index contributed by atoms with van der Waals surface area (Å²) < 4.78 is 19.8. The van der Waals surface area contributed by atoms with E-state index in [4.69, 9.17) is 14.2 Å². The van der Waals surface area contributed by atoms with E-state index in [9.17, 15) is 24.0 Å². The van der Waals surface area contributed by atoms with Gasteiger partial charge in [-0.15, -0.1) is 0 Å². The number of amides is 4. The number of carbonyl (C=O) groups is 5. The highest BCUT2D eigenvalue weighted by Gasteiger charge is 2.45. The van der Waals surface area contributed by atoms with Crippen molar-refractivity contribution in [2.45, 2.75) is 83.1 Å². The molecule has 1 unspecified atom stereocenters. The van der Waals surface area contributed by atoms with Gasteiger partial charge in [0.15, 0.2) is 0 Å². The van der Waals surface area contributed by atoms with E-state index in [2.05, 4.69) is 30.1 Å². The lowest BCUT2D eigenvalue weighted by atomic mass is 9.92. The number of anilines is 1. The third-order valence-corrected chi connectivity index (χ3v) is 12.7. The molecule has 6 aromatic rings. The number of imide groups is 2. The summed E-state index contributed by atoms with van der Waals surface area (Å²) in [4.78, 5) is 83.0. The van der Waals surface area contributed by atoms with Gasteiger partial charge in [-0.25, -0.2) is 14.3 Å². The largest absolute Gasteiger partial charge is 0.489 e. The number of nitrogens with zero attached hydrogens (tertiary/aromatic N) is 7. The van der Waals surface area contributed by atoms with Gasteiger partial charge in [0.1, 0.15) is 29.6 Å². The lowest BCUT2D eigenvalue weighted by Crippen LogP contribution is -2.54. The molecule has 10 rings (SSSR count). The van der Waals surface area contributed by atoms with Gasteiger partial charge in [0, 0.05) is 97.8 Å². The van der Waals surface area contributed by atoms with E-state index in [0.717, 1.165) is 113 Å². The highest BCUT2D eigenvalue weighted by atomic mass is 16.6. The predicted molar refractivity (Wildman–Crippen MR) is 244 cm³/mol. The normalized spacial score (nSPS) is 20.1. The molecular formula is C50H50N8O8. The van der Waals surface area contributed by atoms with E-state index in [1.165, 1.54) is 0 Å². The molecule has 0 bridgehead atoms. The first-order valence-corrected chi connectivity index (χ1v) is 22.5. The van der Waals surface area contributed by atoms with E-state index < -0.39 is 41.4 Å². The summed E-state index contributed by atoms with van der Waals surface area (Å²) >= 11 is 0. The molecule has 4 amide bonds. The number of rotatable bonds is 11. The molecule has 0 radical (unpaired) electrons. The van der Waals surface area contributed by atoms with Crippen molar-refractivity contribution in [2.75, 3.05) is 37.6 Å². The quantitative estimate of drug-likeness (QED) is 0.138. The molecule has 1 N–H and O–H groups in total. The Morgan fingerprint density at radius 1 is 0.773 bits per heavy atom. The van der Waals surface area contributed by atoms with Crippen LogP contribution in [0.15, 0.2) is 91.5 Å². The maximum absolute atomic E-state index is 13.4. The van der Waals surface area contributed by atoms with Crippen molar-refractivity contribution in [1.29, 1.82) is 0 Å². The topological polar surface area (TPSA) is 178 Å². The van der Waals surface area contributed by atoms with Crippen LogP contribution in [-0.2, 0) is 20.7 Å². The van der Waals surface area contributed by atoms with Crippen LogP contribution >= 0.6 is 0 Å². The zero-order valence-electron chi connectivity index (χ0n) is 37.1. The Labute approximate surface area is 380 Å². The number of hydrogen-bond acceptors (Lipinski definition) is 13. The van der Waals surface area contributed by atoms with E-state index in [1.54, 1.807) is 41.5 Å². The molecule has 1 saturated carbocycles. The van der Waals surface area contributed by atoms with Gasteiger partial charge in [-0.05, 0) is 101 Å². The van der Waals surface area contributed by atoms with Crippen LogP contribution in [0.3, 0.4) is 0 Å². The number of piperidine rings is 1. The molecule has 338 valence electrons. The molecule has 3 aliphatic heterocycles. The first kappa shape index (κ1) is 42.7. The van der Waals surface area contributed by atoms with Crippen LogP contribution < -0.4 is 19.7 Å². The zero-order chi connectivity index (χ0) is 45.7. The second kappa shape index (κ2) is 17.3. The number of nitrogens with one attached hydrogen (secondary N) is 1. The Morgan fingerprint density at radius 3 is 2.30 bits per heavy atom. The number of aryl methyl sites for hydroxylation is 1. The van der Waals surface area contributed by atoms with Crippen LogP contribution in [0.4, 0.5) is 10.5 Å². The smallest absolute Gasteiger partial charge is 0.419 e. The van der Waals surface area contributed by atoms with Crippen molar-refractivity contribution >= 4 is 57.2 Å². The van der Waals surface area contributed by atoms with E-state index >= 15 is 0 Å². The summed E-state index contributed by atoms with van der Waals surface area (Å²) in [6.07, 6.45) is 10.1. The number of aromatic nitrogens is 4. The highest BCUT2D eigenvalue weighted by Crippen LogP contribution is 2.35. The zero-order valence-corrected chi connectivity index (χ0v) is 37.1. The summed E-state index contributed by atoms with van der Waals surface area (Å²) in [7, 11) is 0. The van der Waals surface area contributed by atoms with Crippen LogP contribution in [-0.4, -0.2) is 116 Å². The van der Waals surface area contributed by atoms with Crippen molar-refractivity contribution < 1.29 is 38.2 Å². The first-order chi connectivity index (χ1) is 31.8. The second-order valence-electron chi connectivity index (χ2n) is 18.4. The Hall–Kier alpha value is -7.20. The number of carbonyl (C=O) groups excluding carboxylic acids is 5. The molecule has 1 atom stereocenters. The van der Waals surface area contributed by atoms with Crippen LogP contribution in [0, 0.1) is 0 Å². The lowest BCUT2D eigenvalue weighted by molar-refractivity contribution is -0.136. The molecule has 7 heterocycles. The molecule has 16 heteroatoms. The summed E-state index contributed by atoms with van der Waals surface area (Å²) in [5.74, 6) is -0.716. The van der Waals surface area contributed by atoms with Gasteiger partial charge in [-0.3, -0.25) is 44.3 Å². The Morgan fingerprint density at radius 2 is 1.56 bits per heavy atom. The van der Waals surface area contributed by atoms with Gasteiger partial charge in [0.25, 0.3) is 11.8 Å². The standard InChI is InChI=1S/C50H50N8O8/c1-50(2,3)66-49(63)57-41-16-17-51-29-40(41)37-11-6-30(23-43(37)57)31-7-15-45(53-27-31)65-36-25-35(26-36)64-34-10-8-32(52-28-34)5-4-18-55-19-21-56(22-20-55)33-9-12-38-39(24-33)48(62)58(47(38)61)42-13-14-44(59)54-46(42)60/h6-12,15-17,23-24,27-29,35-36,42H,4-5,13-14,18-22,25-26H2,1-3H3,(H,54,59,60)/t35-,36-,42?. The van der Waals surface area contributed by atoms with E-state index in [1.807, 2.05) is 75.4 Å². The van der Waals surface area contributed by atoms with Crippen molar-refractivity contribution in [1.82, 2.24) is 34.6 Å². The minimum atomic E-state index is -0.978. The van der Waals surface area contributed by atoms with Gasteiger partial charge >= 0.3 is 6.09 Å². The third kappa shape index (κ3) is 8.55. The lowest BCUT2D eigenvalue weighted by Gasteiger charge is -2.36. The molecule has 3 fully saturated rings. The van der Waals surface area contributed by atoms with Crippen LogP contribution in [0.5, 0.6) is 11.6 Å². The summed E-state index contributed by atoms with van der Waals surface area (Å²) in [6, 6.07) is 20.0. The average Bonchev–Trinajstić information content (AvgIpc) is 3.75. The molecule has 4 aromatic heterocycles. The van der Waals surface area contributed by atoms with Crippen LogP contribution in [0.1, 0.15) is 79.3 Å². The third-order valence-electron chi connectivity index (χ3n) is 12.7. The van der Waals surface area contributed by atoms with Gasteiger partial charge in [0.05, 0.1) is 28.4 Å². The van der Waals surface area contributed by atoms with Crippen LogP contribution in [0.25, 0.3) is 32.9 Å². The Balaban J connectivity index is 0.657. The van der Waals surface area contributed by atoms with E-state index in [0.29, 0.717) is 11.4 Å². The van der Waals surface area contributed by atoms with Crippen molar-refractivity contribution in [3.05, 3.63) is 108 Å². The summed E-state index contributed by atoms with van der Waals surface area (Å²) in [5.41, 5.74) is 5.09. The number of fused-ring (bicyclic) bond motifs is 4. The van der Waals surface area contributed by atoms with Gasteiger partial charge < -0.3 is 19.1 Å². The minimum absolute atomic E-state index is 0.00181. The van der Waals surface area contributed by atoms with Crippen molar-refractivity contribution in [3.8, 4) is 22.8 Å². The minimum Gasteiger partial charge on any atom is -0.489 e. The molecule has 0 spiro atoms. The monoisotopic (exact) mass is 890 g/mol. The fraction of sp³-hybridized carbons (Fsp3) is 0.360. The Kier molecular flexibility index (Phi) is 11.2. The number of piperazine rings is 1. The number of pyridine rings is 3. The molecule has 66 heavy (non-hydrogen) atoms. The second-order valence-corrected chi connectivity index (χ2v) is 18.4. The van der Waals surface area contributed by atoms with Gasteiger partial charge in [0.2, 0.25) is 17.7 Å².